The summed E-state index contributed by atoms with van der Waals surface area (Å²) in [5, 5.41) is 7.16. The fraction of sp³-hybridized carbons (Fsp3) is 0.231. The largest absolute Gasteiger partial charge is 0.300 e. The third-order valence-electron chi connectivity index (χ3n) is 2.93. The van der Waals surface area contributed by atoms with Gasteiger partial charge in [-0.15, -0.1) is 0 Å². The molecule has 2 heterocycles. The van der Waals surface area contributed by atoms with Gasteiger partial charge in [0.2, 0.25) is 0 Å². The van der Waals surface area contributed by atoms with Crippen LogP contribution in [0.4, 0.5) is 0 Å². The molecule has 3 rings (SSSR count). The molecule has 0 aliphatic carbocycles. The normalized spacial score (nSPS) is 11.0. The molecule has 0 atom stereocenters. The van der Waals surface area contributed by atoms with Gasteiger partial charge in [-0.1, -0.05) is 6.92 Å². The minimum Gasteiger partial charge on any atom is -0.300 e. The summed E-state index contributed by atoms with van der Waals surface area (Å²) in [5.41, 5.74) is 2.73. The van der Waals surface area contributed by atoms with E-state index >= 15 is 0 Å². The number of hydrogen-bond acceptors (Lipinski definition) is 4. The summed E-state index contributed by atoms with van der Waals surface area (Å²) in [6.45, 7) is 2.97. The summed E-state index contributed by atoms with van der Waals surface area (Å²) in [6, 6.07) is 5.93. The first-order valence-corrected chi connectivity index (χ1v) is 6.57. The van der Waals surface area contributed by atoms with Gasteiger partial charge in [-0.25, -0.2) is 0 Å². The molecule has 6 heteroatoms. The summed E-state index contributed by atoms with van der Waals surface area (Å²) in [6.07, 6.45) is 4.39. The van der Waals surface area contributed by atoms with Crippen molar-refractivity contribution in [2.45, 2.75) is 19.9 Å². The Balaban J connectivity index is 2.16. The van der Waals surface area contributed by atoms with E-state index in [1.807, 2.05) is 22.8 Å². The van der Waals surface area contributed by atoms with E-state index in [1.165, 1.54) is 0 Å². The lowest BCUT2D eigenvalue weighted by atomic mass is 10.2. The van der Waals surface area contributed by atoms with Crippen molar-refractivity contribution in [2.24, 2.45) is 0 Å². The number of H-pyrrole nitrogens is 1. The second kappa shape index (κ2) is 4.89. The number of benzene rings is 1. The predicted octanol–water partition coefficient (Wildman–Crippen LogP) is 2.96. The fourth-order valence-electron chi connectivity index (χ4n) is 2.07. The van der Waals surface area contributed by atoms with Crippen LogP contribution in [0.2, 0.25) is 0 Å². The van der Waals surface area contributed by atoms with Gasteiger partial charge in [-0.3, -0.25) is 15.1 Å². The average Bonchev–Trinajstić information content (AvgIpc) is 2.80. The number of aromatic amines is 1. The van der Waals surface area contributed by atoms with E-state index in [1.54, 1.807) is 12.4 Å². The van der Waals surface area contributed by atoms with Crippen molar-refractivity contribution in [3.05, 3.63) is 35.4 Å². The molecule has 2 aromatic heterocycles. The van der Waals surface area contributed by atoms with E-state index in [9.17, 15) is 0 Å². The van der Waals surface area contributed by atoms with Gasteiger partial charge in [0.1, 0.15) is 0 Å². The number of aromatic nitrogens is 5. The first-order valence-electron chi connectivity index (χ1n) is 6.16. The van der Waals surface area contributed by atoms with Gasteiger partial charge in [-0.2, -0.15) is 5.10 Å². The zero-order chi connectivity index (χ0) is 13.2. The monoisotopic (exact) mass is 271 g/mol. The SMILES string of the molecule is CCCn1c(-c2ccc3nccnc3c2)n[nH]c1=S. The van der Waals surface area contributed by atoms with Gasteiger partial charge >= 0.3 is 0 Å². The maximum atomic E-state index is 5.25. The quantitative estimate of drug-likeness (QED) is 0.744. The van der Waals surface area contributed by atoms with Gasteiger partial charge in [-0.05, 0) is 36.8 Å². The first kappa shape index (κ1) is 12.0. The molecular weight excluding hydrogens is 258 g/mol. The molecule has 96 valence electrons. The molecular formula is C13H13N5S. The number of fused-ring (bicyclic) bond motifs is 1. The van der Waals surface area contributed by atoms with E-state index in [4.69, 9.17) is 12.2 Å². The minimum absolute atomic E-state index is 0.649. The van der Waals surface area contributed by atoms with Crippen molar-refractivity contribution >= 4 is 23.3 Å². The topological polar surface area (TPSA) is 59.4 Å². The smallest absolute Gasteiger partial charge is 0.195 e. The molecule has 1 N–H and O–H groups in total. The highest BCUT2D eigenvalue weighted by atomic mass is 32.1. The van der Waals surface area contributed by atoms with Crippen LogP contribution in [0.1, 0.15) is 13.3 Å². The molecule has 0 saturated heterocycles. The van der Waals surface area contributed by atoms with E-state index in [0.717, 1.165) is 35.4 Å². The standard InChI is InChI=1S/C13H13N5S/c1-2-7-18-12(16-17-13(18)19)9-3-4-10-11(8-9)15-6-5-14-10/h3-6,8H,2,7H2,1H3,(H,17,19). The molecule has 0 unspecified atom stereocenters. The van der Waals surface area contributed by atoms with Crippen molar-refractivity contribution in [1.82, 2.24) is 24.7 Å². The van der Waals surface area contributed by atoms with Gasteiger partial charge in [0.05, 0.1) is 11.0 Å². The molecule has 0 aliphatic heterocycles. The van der Waals surface area contributed by atoms with Crippen LogP contribution in [-0.4, -0.2) is 24.7 Å². The number of nitrogens with zero attached hydrogens (tertiary/aromatic N) is 4. The Morgan fingerprint density at radius 2 is 2.00 bits per heavy atom. The Morgan fingerprint density at radius 1 is 1.21 bits per heavy atom. The molecule has 0 amide bonds. The van der Waals surface area contributed by atoms with Crippen molar-refractivity contribution in [1.29, 1.82) is 0 Å². The first-order chi connectivity index (χ1) is 9.29. The van der Waals surface area contributed by atoms with Crippen molar-refractivity contribution in [2.75, 3.05) is 0 Å². The highest BCUT2D eigenvalue weighted by Crippen LogP contribution is 2.21. The Morgan fingerprint density at radius 3 is 2.79 bits per heavy atom. The van der Waals surface area contributed by atoms with Crippen LogP contribution in [0.5, 0.6) is 0 Å². The van der Waals surface area contributed by atoms with Crippen LogP contribution in [-0.2, 0) is 6.54 Å². The van der Waals surface area contributed by atoms with Crippen molar-refractivity contribution < 1.29 is 0 Å². The van der Waals surface area contributed by atoms with E-state index in [2.05, 4.69) is 27.1 Å². The molecule has 0 saturated carbocycles. The highest BCUT2D eigenvalue weighted by molar-refractivity contribution is 7.71. The van der Waals surface area contributed by atoms with Crippen molar-refractivity contribution in [3.8, 4) is 11.4 Å². The summed E-state index contributed by atoms with van der Waals surface area (Å²) in [7, 11) is 0. The third kappa shape index (κ3) is 2.15. The maximum absolute atomic E-state index is 5.25. The fourth-order valence-corrected chi connectivity index (χ4v) is 2.29. The lowest BCUT2D eigenvalue weighted by molar-refractivity contribution is 0.675. The molecule has 1 aromatic carbocycles. The third-order valence-corrected chi connectivity index (χ3v) is 3.24. The molecule has 3 aromatic rings. The summed E-state index contributed by atoms with van der Waals surface area (Å²) < 4.78 is 2.66. The maximum Gasteiger partial charge on any atom is 0.195 e. The van der Waals surface area contributed by atoms with Crippen LogP contribution in [0.25, 0.3) is 22.4 Å². The molecule has 0 bridgehead atoms. The van der Waals surface area contributed by atoms with Crippen LogP contribution >= 0.6 is 12.2 Å². The van der Waals surface area contributed by atoms with E-state index in [-0.39, 0.29) is 0 Å². The molecule has 5 nitrogen and oxygen atoms in total. The molecule has 0 radical (unpaired) electrons. The Labute approximate surface area is 115 Å². The van der Waals surface area contributed by atoms with Gasteiger partial charge in [0.25, 0.3) is 0 Å². The summed E-state index contributed by atoms with van der Waals surface area (Å²) in [5.74, 6) is 0.847. The Bertz CT molecular complexity index is 774. The van der Waals surface area contributed by atoms with E-state index < -0.39 is 0 Å². The number of rotatable bonds is 3. The number of nitrogens with one attached hydrogen (secondary N) is 1. The van der Waals surface area contributed by atoms with Gasteiger partial charge < -0.3 is 4.57 Å². The summed E-state index contributed by atoms with van der Waals surface area (Å²) in [4.78, 5) is 8.58. The van der Waals surface area contributed by atoms with E-state index in [0.29, 0.717) is 4.77 Å². The molecule has 0 spiro atoms. The van der Waals surface area contributed by atoms with Crippen LogP contribution in [0.3, 0.4) is 0 Å². The van der Waals surface area contributed by atoms with Crippen molar-refractivity contribution in [3.63, 3.8) is 0 Å². The average molecular weight is 271 g/mol. The van der Waals surface area contributed by atoms with Gasteiger partial charge in [0.15, 0.2) is 10.6 Å². The molecule has 0 fully saturated rings. The van der Waals surface area contributed by atoms with Crippen LogP contribution in [0, 0.1) is 4.77 Å². The number of hydrogen-bond donors (Lipinski definition) is 1. The zero-order valence-corrected chi connectivity index (χ0v) is 11.3. The molecule has 0 aliphatic rings. The Hall–Kier alpha value is -2.08. The second-order valence-electron chi connectivity index (χ2n) is 4.26. The lowest BCUT2D eigenvalue weighted by Gasteiger charge is -2.05. The second-order valence-corrected chi connectivity index (χ2v) is 4.65. The predicted molar refractivity (Wildman–Crippen MR) is 76.2 cm³/mol. The lowest BCUT2D eigenvalue weighted by Crippen LogP contribution is -2.00. The van der Waals surface area contributed by atoms with Gasteiger partial charge in [0, 0.05) is 24.5 Å². The minimum atomic E-state index is 0.649. The summed E-state index contributed by atoms with van der Waals surface area (Å²) >= 11 is 5.25. The Kier molecular flexibility index (Phi) is 3.08. The molecule has 19 heavy (non-hydrogen) atoms. The highest BCUT2D eigenvalue weighted by Gasteiger charge is 2.09. The van der Waals surface area contributed by atoms with Crippen LogP contribution < -0.4 is 0 Å². The zero-order valence-electron chi connectivity index (χ0n) is 10.5. The van der Waals surface area contributed by atoms with Crippen LogP contribution in [0.15, 0.2) is 30.6 Å².